The Kier molecular flexibility index (Phi) is 7.56. The first kappa shape index (κ1) is 23.8. The van der Waals surface area contributed by atoms with E-state index in [2.05, 4.69) is 4.72 Å². The quantitative estimate of drug-likeness (QED) is 0.457. The molecule has 3 rings (SSSR count). The normalized spacial score (nSPS) is 12.5. The first-order chi connectivity index (χ1) is 15.2. The van der Waals surface area contributed by atoms with Gasteiger partial charge in [-0.1, -0.05) is 74.0 Å². The van der Waals surface area contributed by atoms with Crippen LogP contribution in [0.2, 0.25) is 5.02 Å². The first-order valence-corrected chi connectivity index (χ1v) is 11.9. The molecule has 1 unspecified atom stereocenters. The third kappa shape index (κ3) is 5.68. The van der Waals surface area contributed by atoms with Crippen LogP contribution in [0.1, 0.15) is 19.4 Å². The van der Waals surface area contributed by atoms with Gasteiger partial charge in [0.1, 0.15) is 18.4 Å². The molecule has 0 aliphatic carbocycles. The van der Waals surface area contributed by atoms with E-state index in [-0.39, 0.29) is 11.5 Å². The maximum absolute atomic E-state index is 12.9. The lowest BCUT2D eigenvalue weighted by Gasteiger charge is -2.19. The van der Waals surface area contributed by atoms with E-state index < -0.39 is 28.0 Å². The molecule has 3 aromatic rings. The monoisotopic (exact) mass is 473 g/mol. The number of carboxylic acid groups (broad SMARTS) is 1. The third-order valence-electron chi connectivity index (χ3n) is 4.90. The van der Waals surface area contributed by atoms with Crippen molar-refractivity contribution in [1.82, 2.24) is 4.72 Å². The summed E-state index contributed by atoms with van der Waals surface area (Å²) in [6.07, 6.45) is 0. The molecule has 0 fully saturated rings. The van der Waals surface area contributed by atoms with Gasteiger partial charge in [0.25, 0.3) is 0 Å². The molecule has 0 saturated heterocycles. The van der Waals surface area contributed by atoms with Crippen LogP contribution in [0, 0.1) is 5.92 Å². The van der Waals surface area contributed by atoms with E-state index in [1.54, 1.807) is 26.0 Å². The standard InChI is InChI=1S/C24H24ClNO5S/c1-16(2)23(24(27)28)26-32(29,30)19-12-13-20(17-8-4-3-5-9-17)22(14-19)31-15-18-10-6-7-11-21(18)25/h3-14,16,23,26H,15H2,1-2H3,(H,27,28). The van der Waals surface area contributed by atoms with Gasteiger partial charge in [-0.2, -0.15) is 4.72 Å². The molecule has 168 valence electrons. The van der Waals surface area contributed by atoms with Gasteiger partial charge in [0.2, 0.25) is 10.0 Å². The summed E-state index contributed by atoms with van der Waals surface area (Å²) < 4.78 is 34.1. The number of nitrogens with one attached hydrogen (secondary N) is 1. The molecule has 6 nitrogen and oxygen atoms in total. The molecule has 0 radical (unpaired) electrons. The van der Waals surface area contributed by atoms with Crippen molar-refractivity contribution in [2.75, 3.05) is 0 Å². The second-order valence-corrected chi connectivity index (χ2v) is 9.71. The predicted molar refractivity (Wildman–Crippen MR) is 124 cm³/mol. The lowest BCUT2D eigenvalue weighted by molar-refractivity contribution is -0.140. The molecule has 0 spiro atoms. The highest BCUT2D eigenvalue weighted by Crippen LogP contribution is 2.33. The Morgan fingerprint density at radius 1 is 1.03 bits per heavy atom. The van der Waals surface area contributed by atoms with Crippen molar-refractivity contribution >= 4 is 27.6 Å². The van der Waals surface area contributed by atoms with E-state index in [1.807, 2.05) is 48.5 Å². The molecular weight excluding hydrogens is 450 g/mol. The number of carboxylic acids is 1. The summed E-state index contributed by atoms with van der Waals surface area (Å²) in [5.74, 6) is -1.32. The number of ether oxygens (including phenoxy) is 1. The second kappa shape index (κ2) is 10.2. The van der Waals surface area contributed by atoms with E-state index in [4.69, 9.17) is 16.3 Å². The minimum atomic E-state index is -4.10. The maximum Gasteiger partial charge on any atom is 0.322 e. The minimum Gasteiger partial charge on any atom is -0.488 e. The van der Waals surface area contributed by atoms with Crippen molar-refractivity contribution < 1.29 is 23.1 Å². The third-order valence-corrected chi connectivity index (χ3v) is 6.71. The summed E-state index contributed by atoms with van der Waals surface area (Å²) in [6, 6.07) is 19.9. The Labute approximate surface area is 192 Å². The Bertz CT molecular complexity index is 1200. The van der Waals surface area contributed by atoms with Crippen LogP contribution in [0.3, 0.4) is 0 Å². The number of sulfonamides is 1. The fourth-order valence-corrected chi connectivity index (χ4v) is 4.67. The number of halogens is 1. The highest BCUT2D eigenvalue weighted by Gasteiger charge is 2.28. The molecule has 0 saturated carbocycles. The largest absolute Gasteiger partial charge is 0.488 e. The fourth-order valence-electron chi connectivity index (χ4n) is 3.12. The number of benzene rings is 3. The smallest absolute Gasteiger partial charge is 0.322 e. The van der Waals surface area contributed by atoms with E-state index >= 15 is 0 Å². The Morgan fingerprint density at radius 2 is 1.69 bits per heavy atom. The van der Waals surface area contributed by atoms with Gasteiger partial charge in [-0.15, -0.1) is 0 Å². The molecular formula is C24H24ClNO5S. The zero-order valence-electron chi connectivity index (χ0n) is 17.7. The number of hydrogen-bond acceptors (Lipinski definition) is 4. The summed E-state index contributed by atoms with van der Waals surface area (Å²) >= 11 is 6.23. The van der Waals surface area contributed by atoms with Gasteiger partial charge in [-0.3, -0.25) is 4.79 Å². The molecule has 1 atom stereocenters. The second-order valence-electron chi connectivity index (χ2n) is 7.59. The zero-order valence-corrected chi connectivity index (χ0v) is 19.2. The number of aliphatic carboxylic acids is 1. The van der Waals surface area contributed by atoms with Crippen LogP contribution in [-0.2, 0) is 21.4 Å². The summed E-state index contributed by atoms with van der Waals surface area (Å²) in [5.41, 5.74) is 2.31. The molecule has 3 aromatic carbocycles. The van der Waals surface area contributed by atoms with Gasteiger partial charge >= 0.3 is 5.97 Å². The molecule has 0 aliphatic rings. The van der Waals surface area contributed by atoms with Crippen molar-refractivity contribution in [1.29, 1.82) is 0 Å². The summed E-state index contributed by atoms with van der Waals surface area (Å²) in [5, 5.41) is 9.92. The number of hydrogen-bond donors (Lipinski definition) is 2. The van der Waals surface area contributed by atoms with Gasteiger partial charge in [-0.25, -0.2) is 8.42 Å². The van der Waals surface area contributed by atoms with Crippen LogP contribution in [-0.4, -0.2) is 25.5 Å². The minimum absolute atomic E-state index is 0.0850. The van der Waals surface area contributed by atoms with Crippen molar-refractivity contribution in [3.05, 3.63) is 83.4 Å². The van der Waals surface area contributed by atoms with Gasteiger partial charge in [0.05, 0.1) is 4.90 Å². The molecule has 0 aromatic heterocycles. The van der Waals surface area contributed by atoms with E-state index in [1.165, 1.54) is 12.1 Å². The van der Waals surface area contributed by atoms with Crippen LogP contribution in [0.15, 0.2) is 77.7 Å². The van der Waals surface area contributed by atoms with Crippen molar-refractivity contribution in [3.8, 4) is 16.9 Å². The molecule has 0 heterocycles. The lowest BCUT2D eigenvalue weighted by Crippen LogP contribution is -2.44. The molecule has 8 heteroatoms. The topological polar surface area (TPSA) is 92.7 Å². The van der Waals surface area contributed by atoms with Crippen LogP contribution in [0.4, 0.5) is 0 Å². The SMILES string of the molecule is CC(C)C(NS(=O)(=O)c1ccc(-c2ccccc2)c(OCc2ccccc2Cl)c1)C(=O)O. The van der Waals surface area contributed by atoms with Crippen LogP contribution >= 0.6 is 11.6 Å². The highest BCUT2D eigenvalue weighted by molar-refractivity contribution is 7.89. The fraction of sp³-hybridized carbons (Fsp3) is 0.208. The summed E-state index contributed by atoms with van der Waals surface area (Å²) in [7, 11) is -4.10. The predicted octanol–water partition coefficient (Wildman–Crippen LogP) is 4.97. The highest BCUT2D eigenvalue weighted by atomic mass is 35.5. The van der Waals surface area contributed by atoms with Crippen molar-refractivity contribution in [2.45, 2.75) is 31.4 Å². The average molecular weight is 474 g/mol. The average Bonchev–Trinajstić information content (AvgIpc) is 2.77. The van der Waals surface area contributed by atoms with Crippen LogP contribution in [0.5, 0.6) is 5.75 Å². The van der Waals surface area contributed by atoms with E-state index in [0.29, 0.717) is 16.3 Å². The number of carbonyl (C=O) groups is 1. The summed E-state index contributed by atoms with van der Waals surface area (Å²) in [6.45, 7) is 3.41. The molecule has 32 heavy (non-hydrogen) atoms. The Morgan fingerprint density at radius 3 is 2.31 bits per heavy atom. The lowest BCUT2D eigenvalue weighted by atomic mass is 10.0. The van der Waals surface area contributed by atoms with Gasteiger partial charge < -0.3 is 9.84 Å². The first-order valence-electron chi connectivity index (χ1n) is 10.00. The molecule has 2 N–H and O–H groups in total. The van der Waals surface area contributed by atoms with Crippen LogP contribution < -0.4 is 9.46 Å². The van der Waals surface area contributed by atoms with E-state index in [0.717, 1.165) is 11.1 Å². The molecule has 0 aliphatic heterocycles. The van der Waals surface area contributed by atoms with Crippen molar-refractivity contribution in [3.63, 3.8) is 0 Å². The number of rotatable bonds is 9. The van der Waals surface area contributed by atoms with Gasteiger partial charge in [0.15, 0.2) is 0 Å². The molecule has 0 amide bonds. The summed E-state index contributed by atoms with van der Waals surface area (Å²) in [4.78, 5) is 11.4. The van der Waals surface area contributed by atoms with Gasteiger partial charge in [-0.05, 0) is 29.7 Å². The van der Waals surface area contributed by atoms with Gasteiger partial charge in [0, 0.05) is 22.2 Å². The van der Waals surface area contributed by atoms with E-state index in [9.17, 15) is 18.3 Å². The zero-order chi connectivity index (χ0) is 23.3. The molecule has 0 bridgehead atoms. The maximum atomic E-state index is 12.9. The van der Waals surface area contributed by atoms with Crippen LogP contribution in [0.25, 0.3) is 11.1 Å². The van der Waals surface area contributed by atoms with Crippen molar-refractivity contribution in [2.24, 2.45) is 5.92 Å². The Balaban J connectivity index is 1.99. The Hall–Kier alpha value is -2.87.